The van der Waals surface area contributed by atoms with Gasteiger partial charge in [-0.2, -0.15) is 0 Å². The van der Waals surface area contributed by atoms with Gasteiger partial charge in [-0.3, -0.25) is 9.88 Å². The summed E-state index contributed by atoms with van der Waals surface area (Å²) in [5.74, 6) is 0. The predicted molar refractivity (Wildman–Crippen MR) is 80.2 cm³/mol. The average Bonchev–Trinajstić information content (AvgIpc) is 2.87. The molecule has 1 fully saturated rings. The molecule has 3 rings (SSSR count). The van der Waals surface area contributed by atoms with E-state index in [2.05, 4.69) is 10.3 Å². The minimum Gasteiger partial charge on any atom is -0.336 e. The maximum Gasteiger partial charge on any atom is 0.321 e. The van der Waals surface area contributed by atoms with E-state index in [1.807, 2.05) is 37.3 Å². The normalized spacial score (nSPS) is 14.5. The first-order chi connectivity index (χ1) is 9.65. The monoisotopic (exact) mass is 287 g/mol. The van der Waals surface area contributed by atoms with Gasteiger partial charge >= 0.3 is 6.03 Å². The number of pyridine rings is 1. The molecule has 102 valence electrons. The average molecular weight is 288 g/mol. The second-order valence-electron chi connectivity index (χ2n) is 4.74. The zero-order chi connectivity index (χ0) is 14.1. The summed E-state index contributed by atoms with van der Waals surface area (Å²) in [5, 5.41) is 3.42. The summed E-state index contributed by atoms with van der Waals surface area (Å²) in [5.41, 5.74) is 3.87. The highest BCUT2D eigenvalue weighted by Crippen LogP contribution is 2.28. The molecule has 1 aliphatic rings. The molecular formula is C15H14ClN3O. The number of carbonyl (C=O) groups excluding carboxylic acids is 1. The Morgan fingerprint density at radius 3 is 2.80 bits per heavy atom. The van der Waals surface area contributed by atoms with Crippen LogP contribution in [0, 0.1) is 6.92 Å². The van der Waals surface area contributed by atoms with Gasteiger partial charge in [0.15, 0.2) is 0 Å². The van der Waals surface area contributed by atoms with Crippen molar-refractivity contribution in [1.82, 2.24) is 10.3 Å². The molecule has 1 aromatic carbocycles. The van der Waals surface area contributed by atoms with Crippen LogP contribution in [0.25, 0.3) is 11.3 Å². The van der Waals surface area contributed by atoms with Crippen LogP contribution in [0.3, 0.4) is 0 Å². The number of aromatic nitrogens is 1. The molecule has 4 nitrogen and oxygen atoms in total. The van der Waals surface area contributed by atoms with Crippen molar-refractivity contribution in [1.29, 1.82) is 0 Å². The molecule has 0 radical (unpaired) electrons. The van der Waals surface area contributed by atoms with Crippen LogP contribution in [0.5, 0.6) is 0 Å². The van der Waals surface area contributed by atoms with Crippen LogP contribution in [0.2, 0.25) is 5.02 Å². The molecule has 0 spiro atoms. The molecule has 0 saturated carbocycles. The number of carbonyl (C=O) groups is 1. The largest absolute Gasteiger partial charge is 0.336 e. The number of anilines is 1. The van der Waals surface area contributed by atoms with E-state index in [0.717, 1.165) is 22.5 Å². The van der Waals surface area contributed by atoms with Crippen LogP contribution >= 0.6 is 11.6 Å². The smallest absolute Gasteiger partial charge is 0.321 e. The maximum absolute atomic E-state index is 11.7. The van der Waals surface area contributed by atoms with E-state index in [1.165, 1.54) is 0 Å². The minimum atomic E-state index is -0.0520. The summed E-state index contributed by atoms with van der Waals surface area (Å²) < 4.78 is 0. The summed E-state index contributed by atoms with van der Waals surface area (Å²) in [7, 11) is 0. The van der Waals surface area contributed by atoms with Crippen molar-refractivity contribution in [3.05, 3.63) is 47.1 Å². The Kier molecular flexibility index (Phi) is 3.32. The van der Waals surface area contributed by atoms with Gasteiger partial charge in [0.2, 0.25) is 0 Å². The molecule has 1 N–H and O–H groups in total. The van der Waals surface area contributed by atoms with E-state index in [0.29, 0.717) is 18.1 Å². The van der Waals surface area contributed by atoms with Crippen molar-refractivity contribution in [2.45, 2.75) is 6.92 Å². The molecule has 5 heteroatoms. The van der Waals surface area contributed by atoms with Crippen molar-refractivity contribution >= 4 is 23.3 Å². The highest BCUT2D eigenvalue weighted by molar-refractivity contribution is 6.30. The van der Waals surface area contributed by atoms with E-state index in [9.17, 15) is 4.79 Å². The van der Waals surface area contributed by atoms with Gasteiger partial charge in [-0.15, -0.1) is 0 Å². The van der Waals surface area contributed by atoms with Crippen LogP contribution in [0.1, 0.15) is 5.56 Å². The van der Waals surface area contributed by atoms with E-state index >= 15 is 0 Å². The number of rotatable bonds is 2. The van der Waals surface area contributed by atoms with Crippen molar-refractivity contribution in [3.8, 4) is 11.3 Å². The highest BCUT2D eigenvalue weighted by atomic mass is 35.5. The topological polar surface area (TPSA) is 45.2 Å². The molecule has 1 aromatic heterocycles. The van der Waals surface area contributed by atoms with Crippen molar-refractivity contribution in [3.63, 3.8) is 0 Å². The quantitative estimate of drug-likeness (QED) is 0.921. The van der Waals surface area contributed by atoms with Gasteiger partial charge in [-0.25, -0.2) is 4.79 Å². The van der Waals surface area contributed by atoms with E-state index < -0.39 is 0 Å². The lowest BCUT2D eigenvalue weighted by Gasteiger charge is -2.16. The van der Waals surface area contributed by atoms with Crippen molar-refractivity contribution in [2.75, 3.05) is 18.0 Å². The third-order valence-corrected chi connectivity index (χ3v) is 3.62. The molecule has 2 heterocycles. The Bertz CT molecular complexity index is 655. The Hall–Kier alpha value is -2.07. The number of nitrogens with one attached hydrogen (secondary N) is 1. The summed E-state index contributed by atoms with van der Waals surface area (Å²) in [6.45, 7) is 3.40. The van der Waals surface area contributed by atoms with E-state index in [1.54, 1.807) is 11.1 Å². The number of hydrogen-bond acceptors (Lipinski definition) is 2. The van der Waals surface area contributed by atoms with Crippen molar-refractivity contribution < 1.29 is 4.79 Å². The van der Waals surface area contributed by atoms with Gasteiger partial charge in [-0.1, -0.05) is 17.7 Å². The first-order valence-electron chi connectivity index (χ1n) is 6.43. The van der Waals surface area contributed by atoms with Gasteiger partial charge in [-0.05, 0) is 36.8 Å². The van der Waals surface area contributed by atoms with Crippen LogP contribution in [0.4, 0.5) is 10.5 Å². The van der Waals surface area contributed by atoms with E-state index in [-0.39, 0.29) is 6.03 Å². The highest BCUT2D eigenvalue weighted by Gasteiger charge is 2.21. The van der Waals surface area contributed by atoms with E-state index in [4.69, 9.17) is 11.6 Å². The first-order valence-corrected chi connectivity index (χ1v) is 6.81. The fraction of sp³-hybridized carbons (Fsp3) is 0.200. The third kappa shape index (κ3) is 2.34. The summed E-state index contributed by atoms with van der Waals surface area (Å²) in [6.07, 6.45) is 1.63. The second-order valence-corrected chi connectivity index (χ2v) is 5.18. The minimum absolute atomic E-state index is 0.0520. The molecule has 1 saturated heterocycles. The van der Waals surface area contributed by atoms with Gasteiger partial charge in [0.05, 0.1) is 10.7 Å². The SMILES string of the molecule is Cc1ccc(N2CCNC2=O)cc1-c1ccc(Cl)cn1. The van der Waals surface area contributed by atoms with Gasteiger partial charge < -0.3 is 5.32 Å². The number of amides is 2. The van der Waals surface area contributed by atoms with Gasteiger partial charge in [0, 0.05) is 30.5 Å². The predicted octanol–water partition coefficient (Wildman–Crippen LogP) is 3.24. The molecule has 0 atom stereocenters. The Balaban J connectivity index is 2.02. The van der Waals surface area contributed by atoms with Crippen molar-refractivity contribution in [2.24, 2.45) is 0 Å². The second kappa shape index (κ2) is 5.13. The standard InChI is InChI=1S/C15H14ClN3O/c1-10-2-4-12(19-7-6-17-15(19)20)8-13(10)14-5-3-11(16)9-18-14/h2-5,8-9H,6-7H2,1H3,(H,17,20). The van der Waals surface area contributed by atoms with Crippen LogP contribution in [-0.4, -0.2) is 24.1 Å². The molecular weight excluding hydrogens is 274 g/mol. The summed E-state index contributed by atoms with van der Waals surface area (Å²) >= 11 is 5.87. The van der Waals surface area contributed by atoms with Gasteiger partial charge in [0.25, 0.3) is 0 Å². The lowest BCUT2D eigenvalue weighted by Crippen LogP contribution is -2.27. The molecule has 1 aliphatic heterocycles. The fourth-order valence-electron chi connectivity index (χ4n) is 2.31. The Labute approximate surface area is 122 Å². The van der Waals surface area contributed by atoms with Crippen LogP contribution in [0.15, 0.2) is 36.5 Å². The number of benzene rings is 1. The van der Waals surface area contributed by atoms with Gasteiger partial charge in [0.1, 0.15) is 0 Å². The molecule has 2 amide bonds. The lowest BCUT2D eigenvalue weighted by atomic mass is 10.0. The lowest BCUT2D eigenvalue weighted by molar-refractivity contribution is 0.252. The Morgan fingerprint density at radius 1 is 1.30 bits per heavy atom. The summed E-state index contributed by atoms with van der Waals surface area (Å²) in [6, 6.07) is 9.61. The molecule has 2 aromatic rings. The molecule has 0 unspecified atom stereocenters. The third-order valence-electron chi connectivity index (χ3n) is 3.39. The molecule has 0 aliphatic carbocycles. The number of halogens is 1. The number of aryl methyl sites for hydroxylation is 1. The number of urea groups is 1. The fourth-order valence-corrected chi connectivity index (χ4v) is 2.42. The number of nitrogens with zero attached hydrogens (tertiary/aromatic N) is 2. The zero-order valence-electron chi connectivity index (χ0n) is 11.1. The zero-order valence-corrected chi connectivity index (χ0v) is 11.8. The Morgan fingerprint density at radius 2 is 2.15 bits per heavy atom. The number of hydrogen-bond donors (Lipinski definition) is 1. The summed E-state index contributed by atoms with van der Waals surface area (Å²) in [4.78, 5) is 17.8. The molecule has 20 heavy (non-hydrogen) atoms. The first kappa shape index (κ1) is 12.9. The maximum atomic E-state index is 11.7. The van der Waals surface area contributed by atoms with Crippen LogP contribution < -0.4 is 10.2 Å². The molecule has 0 bridgehead atoms. The van der Waals surface area contributed by atoms with Crippen LogP contribution in [-0.2, 0) is 0 Å².